The van der Waals surface area contributed by atoms with Crippen LogP contribution in [0.15, 0.2) is 48.3 Å². The normalized spacial score (nSPS) is 19.5. The van der Waals surface area contributed by atoms with Crippen LogP contribution in [0, 0.1) is 0 Å². The van der Waals surface area contributed by atoms with Gasteiger partial charge in [-0.05, 0) is 67.7 Å². The molecule has 4 rings (SSSR count). The van der Waals surface area contributed by atoms with Gasteiger partial charge in [-0.15, -0.1) is 13.2 Å². The fourth-order valence-electron chi connectivity index (χ4n) is 4.43. The number of rotatable bonds is 5. The summed E-state index contributed by atoms with van der Waals surface area (Å²) >= 11 is 0. The van der Waals surface area contributed by atoms with E-state index >= 15 is 0 Å². The maximum Gasteiger partial charge on any atom is 0.573 e. The molecule has 1 saturated heterocycles. The average molecular weight is 450 g/mol. The Kier molecular flexibility index (Phi) is 6.44. The van der Waals surface area contributed by atoms with Crippen molar-refractivity contribution >= 4 is 6.08 Å². The number of benzene rings is 1. The summed E-state index contributed by atoms with van der Waals surface area (Å²) in [5.74, 6) is -0.497. The highest BCUT2D eigenvalue weighted by molar-refractivity contribution is 5.52. The second kappa shape index (κ2) is 9.11. The number of allylic oxidation sites excluding steroid dienone is 3. The lowest BCUT2D eigenvalue weighted by Gasteiger charge is -2.43. The van der Waals surface area contributed by atoms with Gasteiger partial charge in [0.1, 0.15) is 17.2 Å². The molecule has 2 aliphatic heterocycles. The van der Waals surface area contributed by atoms with E-state index in [4.69, 9.17) is 4.74 Å². The molecule has 1 fully saturated rings. The molecule has 172 valence electrons. The van der Waals surface area contributed by atoms with Crippen LogP contribution in [-0.2, 0) is 23.3 Å². The molecule has 2 aromatic rings. The van der Waals surface area contributed by atoms with Gasteiger partial charge in [0.2, 0.25) is 0 Å². The third kappa shape index (κ3) is 5.24. The number of piperidine rings is 1. The highest BCUT2D eigenvalue weighted by Gasteiger charge is 2.42. The minimum atomic E-state index is -4.68. The number of halogens is 4. The number of alkyl halides is 3. The van der Waals surface area contributed by atoms with Gasteiger partial charge in [-0.3, -0.25) is 4.90 Å². The number of likely N-dealkylation sites (tertiary alicyclic amines) is 1. The molecule has 0 unspecified atom stereocenters. The molecule has 0 radical (unpaired) electrons. The topological polar surface area (TPSA) is 37.5 Å². The van der Waals surface area contributed by atoms with Crippen LogP contribution in [0.2, 0.25) is 0 Å². The number of aromatic amines is 1. The number of H-pyrrole nitrogens is 1. The van der Waals surface area contributed by atoms with E-state index in [-0.39, 0.29) is 17.2 Å². The van der Waals surface area contributed by atoms with Crippen LogP contribution in [0.1, 0.15) is 42.3 Å². The van der Waals surface area contributed by atoms with E-state index < -0.39 is 6.36 Å². The van der Waals surface area contributed by atoms with Crippen molar-refractivity contribution in [3.63, 3.8) is 0 Å². The Morgan fingerprint density at radius 3 is 2.59 bits per heavy atom. The van der Waals surface area contributed by atoms with Gasteiger partial charge in [0.15, 0.2) is 0 Å². The van der Waals surface area contributed by atoms with E-state index in [1.807, 2.05) is 0 Å². The number of ether oxygens (including phenoxy) is 2. The number of fused-ring (bicyclic) bond motifs is 2. The van der Waals surface area contributed by atoms with E-state index in [0.717, 1.165) is 49.3 Å². The smallest absolute Gasteiger partial charge is 0.406 e. The Hall–Kier alpha value is -2.58. The Labute approximate surface area is 184 Å². The largest absolute Gasteiger partial charge is 0.573 e. The molecule has 0 amide bonds. The fraction of sp³-hybridized carbons (Fsp3) is 0.417. The first kappa shape index (κ1) is 22.6. The minimum Gasteiger partial charge on any atom is -0.406 e. The van der Waals surface area contributed by atoms with E-state index in [1.165, 1.54) is 29.8 Å². The Bertz CT molecular complexity index is 984. The molecule has 0 saturated carbocycles. The van der Waals surface area contributed by atoms with Gasteiger partial charge in [-0.25, -0.2) is 4.39 Å². The third-order valence-corrected chi connectivity index (χ3v) is 6.05. The zero-order chi connectivity index (χ0) is 22.8. The summed E-state index contributed by atoms with van der Waals surface area (Å²) < 4.78 is 60.6. The first-order chi connectivity index (χ1) is 15.3. The summed E-state index contributed by atoms with van der Waals surface area (Å²) in [6.07, 6.45) is 2.35. The molecule has 1 N–H and O–H groups in total. The van der Waals surface area contributed by atoms with Crippen LogP contribution in [0.5, 0.6) is 5.75 Å². The van der Waals surface area contributed by atoms with Crippen molar-refractivity contribution < 1.29 is 27.0 Å². The number of nitrogens with one attached hydrogen (secondary N) is 1. The summed E-state index contributed by atoms with van der Waals surface area (Å²) in [6.45, 7) is 4.56. The Morgan fingerprint density at radius 1 is 1.22 bits per heavy atom. The van der Waals surface area contributed by atoms with Gasteiger partial charge in [0.25, 0.3) is 0 Å². The average Bonchev–Trinajstić information content (AvgIpc) is 3.19. The number of aromatic nitrogens is 1. The standard InChI is InChI=1S/C24H26F4N2O2/c1-2-19(25)5-6-20-15-18-9-14-31-23(22(18)29-20)10-12-30(13-11-23)16-17-3-7-21(8-4-17)32-24(26,27)28/h2-8,15,29H,9-14,16H2,1H3/b6-5-,19-2+. The molecular weight excluding hydrogens is 424 g/mol. The lowest BCUT2D eigenvalue weighted by molar-refractivity contribution is -0.274. The van der Waals surface area contributed by atoms with E-state index in [9.17, 15) is 17.6 Å². The molecule has 1 aromatic carbocycles. The van der Waals surface area contributed by atoms with Gasteiger partial charge >= 0.3 is 6.36 Å². The van der Waals surface area contributed by atoms with Crippen molar-refractivity contribution in [3.8, 4) is 5.75 Å². The summed E-state index contributed by atoms with van der Waals surface area (Å²) in [5, 5.41) is 0. The SMILES string of the molecule is C/C=C(F)\C=C/c1cc2c([nH]1)C1(CCN(Cc3ccc(OC(F)(F)F)cc3)CC1)OCC2. The van der Waals surface area contributed by atoms with Gasteiger partial charge in [0, 0.05) is 25.3 Å². The van der Waals surface area contributed by atoms with Crippen LogP contribution >= 0.6 is 0 Å². The molecule has 32 heavy (non-hydrogen) atoms. The minimum absolute atomic E-state index is 0.215. The molecule has 0 atom stereocenters. The number of hydrogen-bond donors (Lipinski definition) is 1. The number of nitrogens with zero attached hydrogens (tertiary/aromatic N) is 1. The lowest BCUT2D eigenvalue weighted by Crippen LogP contribution is -2.46. The fourth-order valence-corrected chi connectivity index (χ4v) is 4.43. The summed E-state index contributed by atoms with van der Waals surface area (Å²) in [7, 11) is 0. The van der Waals surface area contributed by atoms with Crippen molar-refractivity contribution in [1.82, 2.24) is 9.88 Å². The second-order valence-corrected chi connectivity index (χ2v) is 8.19. The molecule has 4 nitrogen and oxygen atoms in total. The van der Waals surface area contributed by atoms with E-state index in [2.05, 4.69) is 20.7 Å². The molecule has 1 spiro atoms. The predicted molar refractivity (Wildman–Crippen MR) is 114 cm³/mol. The Morgan fingerprint density at radius 2 is 1.94 bits per heavy atom. The quantitative estimate of drug-likeness (QED) is 0.458. The highest BCUT2D eigenvalue weighted by Crippen LogP contribution is 2.41. The van der Waals surface area contributed by atoms with Crippen LogP contribution in [0.3, 0.4) is 0 Å². The summed E-state index contributed by atoms with van der Waals surface area (Å²) in [5.41, 5.74) is 3.71. The zero-order valence-corrected chi connectivity index (χ0v) is 17.8. The lowest BCUT2D eigenvalue weighted by atomic mass is 9.83. The van der Waals surface area contributed by atoms with Crippen molar-refractivity contribution in [2.75, 3.05) is 19.7 Å². The van der Waals surface area contributed by atoms with Gasteiger partial charge < -0.3 is 14.5 Å². The van der Waals surface area contributed by atoms with Crippen molar-refractivity contribution in [2.24, 2.45) is 0 Å². The zero-order valence-electron chi connectivity index (χ0n) is 17.8. The van der Waals surface area contributed by atoms with E-state index in [0.29, 0.717) is 13.2 Å². The van der Waals surface area contributed by atoms with Gasteiger partial charge in [-0.1, -0.05) is 18.2 Å². The van der Waals surface area contributed by atoms with Crippen LogP contribution in [0.25, 0.3) is 6.08 Å². The predicted octanol–water partition coefficient (Wildman–Crippen LogP) is 5.86. The second-order valence-electron chi connectivity index (χ2n) is 8.19. The maximum atomic E-state index is 13.4. The van der Waals surface area contributed by atoms with Crippen LogP contribution in [-0.4, -0.2) is 35.9 Å². The molecule has 0 aliphatic carbocycles. The molecule has 1 aromatic heterocycles. The van der Waals surface area contributed by atoms with Crippen molar-refractivity contribution in [2.45, 2.75) is 44.7 Å². The third-order valence-electron chi connectivity index (χ3n) is 6.05. The monoisotopic (exact) mass is 450 g/mol. The van der Waals surface area contributed by atoms with Crippen molar-refractivity contribution in [3.05, 3.63) is 70.8 Å². The first-order valence-corrected chi connectivity index (χ1v) is 10.7. The molecule has 0 bridgehead atoms. The van der Waals surface area contributed by atoms with Crippen LogP contribution < -0.4 is 4.74 Å². The van der Waals surface area contributed by atoms with Crippen LogP contribution in [0.4, 0.5) is 17.6 Å². The summed E-state index contributed by atoms with van der Waals surface area (Å²) in [6, 6.07) is 8.07. The maximum absolute atomic E-state index is 13.4. The van der Waals surface area contributed by atoms with Gasteiger partial charge in [-0.2, -0.15) is 0 Å². The molecule has 8 heteroatoms. The molecule has 3 heterocycles. The van der Waals surface area contributed by atoms with Crippen molar-refractivity contribution in [1.29, 1.82) is 0 Å². The van der Waals surface area contributed by atoms with Gasteiger partial charge in [0.05, 0.1) is 12.3 Å². The number of hydrogen-bond acceptors (Lipinski definition) is 3. The van der Waals surface area contributed by atoms with E-state index in [1.54, 1.807) is 25.1 Å². The highest BCUT2D eigenvalue weighted by atomic mass is 19.4. The molecular formula is C24H26F4N2O2. The Balaban J connectivity index is 1.39. The molecule has 2 aliphatic rings. The first-order valence-electron chi connectivity index (χ1n) is 10.7. The summed E-state index contributed by atoms with van der Waals surface area (Å²) in [4.78, 5) is 5.70.